The minimum atomic E-state index is -4.55. The Labute approximate surface area is 207 Å². The van der Waals surface area contributed by atoms with Crippen LogP contribution in [0.4, 0.5) is 13.2 Å². The zero-order chi connectivity index (χ0) is 25.7. The smallest absolute Gasteiger partial charge is 0.416 e. The van der Waals surface area contributed by atoms with Crippen LogP contribution in [-0.2, 0) is 11.0 Å². The number of halogens is 3. The Morgan fingerprint density at radius 3 is 2.50 bits per heavy atom. The van der Waals surface area contributed by atoms with Gasteiger partial charge in [0, 0.05) is 30.9 Å². The Kier molecular flexibility index (Phi) is 7.97. The Morgan fingerprint density at radius 1 is 1.11 bits per heavy atom. The lowest BCUT2D eigenvalue weighted by Crippen LogP contribution is -2.63. The van der Waals surface area contributed by atoms with Crippen LogP contribution in [-0.4, -0.2) is 66.6 Å². The van der Waals surface area contributed by atoms with Crippen molar-refractivity contribution in [2.24, 2.45) is 0 Å². The van der Waals surface area contributed by atoms with Crippen LogP contribution in [0.1, 0.15) is 41.6 Å². The first-order valence-corrected chi connectivity index (χ1v) is 11.9. The van der Waals surface area contributed by atoms with Gasteiger partial charge in [0.25, 0.3) is 11.8 Å². The van der Waals surface area contributed by atoms with Crippen LogP contribution in [0.3, 0.4) is 0 Å². The zero-order valence-electron chi connectivity index (χ0n) is 19.9. The number of carbonyl (C=O) groups excluding carboxylic acids is 2. The van der Waals surface area contributed by atoms with E-state index in [0.29, 0.717) is 24.7 Å². The number of pyridine rings is 1. The number of amides is 2. The van der Waals surface area contributed by atoms with Gasteiger partial charge in [-0.05, 0) is 56.0 Å². The van der Waals surface area contributed by atoms with Gasteiger partial charge in [0.15, 0.2) is 5.75 Å². The number of carbonyl (C=O) groups is 2. The van der Waals surface area contributed by atoms with Crippen LogP contribution in [0.15, 0.2) is 42.6 Å². The van der Waals surface area contributed by atoms with Crippen molar-refractivity contribution in [1.82, 2.24) is 20.5 Å². The minimum Gasteiger partial charge on any atom is -0.491 e. The van der Waals surface area contributed by atoms with E-state index in [2.05, 4.69) is 15.6 Å². The van der Waals surface area contributed by atoms with Crippen molar-refractivity contribution >= 4 is 11.8 Å². The third-order valence-electron chi connectivity index (χ3n) is 6.57. The molecule has 1 saturated carbocycles. The van der Waals surface area contributed by atoms with E-state index in [4.69, 9.17) is 9.47 Å². The van der Waals surface area contributed by atoms with Gasteiger partial charge in [0.1, 0.15) is 6.10 Å². The normalized spacial score (nSPS) is 20.2. The Hall–Kier alpha value is -3.34. The number of aromatic nitrogens is 1. The van der Waals surface area contributed by atoms with Crippen molar-refractivity contribution in [3.05, 3.63) is 53.7 Å². The summed E-state index contributed by atoms with van der Waals surface area (Å²) in [7, 11) is 1.56. The van der Waals surface area contributed by atoms with E-state index in [1.807, 2.05) is 4.90 Å². The fourth-order valence-corrected chi connectivity index (χ4v) is 4.58. The Bertz CT molecular complexity index is 1070. The van der Waals surface area contributed by atoms with E-state index in [9.17, 15) is 22.8 Å². The molecule has 2 N–H and O–H groups in total. The number of methoxy groups -OCH3 is 1. The minimum absolute atomic E-state index is 0.0134. The SMILES string of the molecule is COc1cccnc1OC1CCC(N(C(=O)CNC(=O)c2cccc(C(F)(F)F)c2)C2CNC2)CC1. The van der Waals surface area contributed by atoms with Crippen molar-refractivity contribution in [1.29, 1.82) is 0 Å². The van der Waals surface area contributed by atoms with Crippen molar-refractivity contribution in [3.63, 3.8) is 0 Å². The van der Waals surface area contributed by atoms with Crippen LogP contribution in [0.2, 0.25) is 0 Å². The van der Waals surface area contributed by atoms with E-state index in [1.54, 1.807) is 25.4 Å². The van der Waals surface area contributed by atoms with Gasteiger partial charge in [-0.3, -0.25) is 9.59 Å². The van der Waals surface area contributed by atoms with Crippen LogP contribution in [0, 0.1) is 0 Å². The standard InChI is InChI=1S/C25H29F3N4O4/c1-35-21-6-3-11-30-24(21)36-20-9-7-18(8-10-20)32(19-13-29-14-19)22(33)15-31-23(34)16-4-2-5-17(12-16)25(26,27)28/h2-6,11-12,18-20,29H,7-10,13-15H2,1H3,(H,31,34). The number of nitrogens with zero attached hydrogens (tertiary/aromatic N) is 2. The molecule has 1 saturated heterocycles. The van der Waals surface area contributed by atoms with Crippen molar-refractivity contribution in [2.75, 3.05) is 26.7 Å². The summed E-state index contributed by atoms with van der Waals surface area (Å²) in [6.07, 6.45) is -0.0589. The monoisotopic (exact) mass is 506 g/mol. The lowest BCUT2D eigenvalue weighted by Gasteiger charge is -2.45. The summed E-state index contributed by atoms with van der Waals surface area (Å²) < 4.78 is 50.2. The molecule has 2 aromatic rings. The Balaban J connectivity index is 1.34. The van der Waals surface area contributed by atoms with Crippen molar-refractivity contribution < 1.29 is 32.2 Å². The van der Waals surface area contributed by atoms with Crippen molar-refractivity contribution in [3.8, 4) is 11.6 Å². The summed E-state index contributed by atoms with van der Waals surface area (Å²) in [6.45, 7) is 1.04. The number of hydrogen-bond acceptors (Lipinski definition) is 6. The molecule has 194 valence electrons. The number of ether oxygens (including phenoxy) is 2. The van der Waals surface area contributed by atoms with Gasteiger partial charge >= 0.3 is 6.18 Å². The summed E-state index contributed by atoms with van der Waals surface area (Å²) in [5.41, 5.74) is -1.05. The topological polar surface area (TPSA) is 92.8 Å². The van der Waals surface area contributed by atoms with Crippen LogP contribution < -0.4 is 20.1 Å². The third kappa shape index (κ3) is 6.07. The second-order valence-electron chi connectivity index (χ2n) is 8.93. The average molecular weight is 507 g/mol. The van der Waals surface area contributed by atoms with Crippen LogP contribution >= 0.6 is 0 Å². The fraction of sp³-hybridized carbons (Fsp3) is 0.480. The number of benzene rings is 1. The van der Waals surface area contributed by atoms with Crippen LogP contribution in [0.25, 0.3) is 0 Å². The second-order valence-corrected chi connectivity index (χ2v) is 8.93. The molecule has 0 atom stereocenters. The lowest BCUT2D eigenvalue weighted by molar-refractivity contribution is -0.138. The number of hydrogen-bond donors (Lipinski definition) is 2. The van der Waals surface area contributed by atoms with E-state index in [-0.39, 0.29) is 36.2 Å². The molecular weight excluding hydrogens is 477 g/mol. The molecule has 4 rings (SSSR count). The number of nitrogens with one attached hydrogen (secondary N) is 2. The predicted octanol–water partition coefficient (Wildman–Crippen LogP) is 3.03. The van der Waals surface area contributed by atoms with Gasteiger partial charge in [-0.25, -0.2) is 4.98 Å². The third-order valence-corrected chi connectivity index (χ3v) is 6.57. The number of rotatable bonds is 8. The first-order valence-electron chi connectivity index (χ1n) is 11.9. The Morgan fingerprint density at radius 2 is 1.86 bits per heavy atom. The second kappa shape index (κ2) is 11.2. The molecule has 1 aromatic heterocycles. The van der Waals surface area contributed by atoms with Gasteiger partial charge in [-0.1, -0.05) is 6.07 Å². The fourth-order valence-electron chi connectivity index (χ4n) is 4.58. The predicted molar refractivity (Wildman–Crippen MR) is 125 cm³/mol. The number of alkyl halides is 3. The molecule has 1 aliphatic carbocycles. The van der Waals surface area contributed by atoms with Crippen molar-refractivity contribution in [2.45, 2.75) is 50.0 Å². The molecule has 0 radical (unpaired) electrons. The quantitative estimate of drug-likeness (QED) is 0.572. The summed E-state index contributed by atoms with van der Waals surface area (Å²) in [5.74, 6) is 0.0329. The maximum Gasteiger partial charge on any atom is 0.416 e. The molecule has 0 unspecified atom stereocenters. The molecule has 0 bridgehead atoms. The molecule has 2 fully saturated rings. The molecule has 1 aromatic carbocycles. The summed E-state index contributed by atoms with van der Waals surface area (Å²) in [5, 5.41) is 5.66. The summed E-state index contributed by atoms with van der Waals surface area (Å²) >= 11 is 0. The molecule has 2 aliphatic rings. The molecule has 2 heterocycles. The first-order chi connectivity index (χ1) is 17.3. The van der Waals surface area contributed by atoms with Gasteiger partial charge in [0.2, 0.25) is 5.91 Å². The maximum absolute atomic E-state index is 13.1. The van der Waals surface area contributed by atoms with E-state index in [0.717, 1.165) is 37.8 Å². The van der Waals surface area contributed by atoms with Gasteiger partial charge < -0.3 is 25.0 Å². The van der Waals surface area contributed by atoms with Crippen LogP contribution in [0.5, 0.6) is 11.6 Å². The summed E-state index contributed by atoms with van der Waals surface area (Å²) in [4.78, 5) is 31.7. The highest BCUT2D eigenvalue weighted by Crippen LogP contribution is 2.32. The van der Waals surface area contributed by atoms with E-state index in [1.165, 1.54) is 12.1 Å². The van der Waals surface area contributed by atoms with E-state index < -0.39 is 17.6 Å². The van der Waals surface area contributed by atoms with E-state index >= 15 is 0 Å². The molecule has 2 amide bonds. The molecule has 0 spiro atoms. The van der Waals surface area contributed by atoms with Gasteiger partial charge in [-0.15, -0.1) is 0 Å². The average Bonchev–Trinajstić information content (AvgIpc) is 2.85. The highest BCUT2D eigenvalue weighted by Gasteiger charge is 2.37. The van der Waals surface area contributed by atoms with Gasteiger partial charge in [-0.2, -0.15) is 13.2 Å². The lowest BCUT2D eigenvalue weighted by atomic mass is 9.90. The van der Waals surface area contributed by atoms with Gasteiger partial charge in [0.05, 0.1) is 25.3 Å². The molecule has 11 heteroatoms. The molecular formula is C25H29F3N4O4. The highest BCUT2D eigenvalue weighted by molar-refractivity contribution is 5.96. The zero-order valence-corrected chi connectivity index (χ0v) is 19.9. The largest absolute Gasteiger partial charge is 0.491 e. The first kappa shape index (κ1) is 25.7. The molecule has 8 nitrogen and oxygen atoms in total. The molecule has 1 aliphatic heterocycles. The highest BCUT2D eigenvalue weighted by atomic mass is 19.4. The maximum atomic E-state index is 13.1. The summed E-state index contributed by atoms with van der Waals surface area (Å²) in [6, 6.07) is 7.70. The molecule has 36 heavy (non-hydrogen) atoms.